The van der Waals surface area contributed by atoms with Crippen LogP contribution in [-0.2, 0) is 12.8 Å². The number of β-amino-alcohol motifs (C(OH)–C–C–N with tert-alkyl or cyclic N) is 1. The molecule has 5 nitrogen and oxygen atoms in total. The van der Waals surface area contributed by atoms with Crippen molar-refractivity contribution in [2.75, 3.05) is 13.2 Å². The van der Waals surface area contributed by atoms with Crippen molar-refractivity contribution < 1.29 is 14.9 Å². The van der Waals surface area contributed by atoms with Gasteiger partial charge in [0.15, 0.2) is 0 Å². The van der Waals surface area contributed by atoms with Crippen LogP contribution in [0.25, 0.3) is 0 Å². The molecule has 0 bridgehead atoms. The molecule has 0 heterocycles. The molecule has 0 aromatic heterocycles. The van der Waals surface area contributed by atoms with Gasteiger partial charge in [-0.25, -0.2) is 0 Å². The lowest BCUT2D eigenvalue weighted by Crippen LogP contribution is -2.49. The van der Waals surface area contributed by atoms with E-state index in [1.165, 1.54) is 5.56 Å². The third-order valence-corrected chi connectivity index (χ3v) is 4.63. The van der Waals surface area contributed by atoms with Crippen LogP contribution in [0.15, 0.2) is 18.2 Å². The van der Waals surface area contributed by atoms with Crippen LogP contribution in [0.4, 0.5) is 0 Å². The van der Waals surface area contributed by atoms with E-state index in [0.29, 0.717) is 19.0 Å². The zero-order valence-corrected chi connectivity index (χ0v) is 17.1. The predicted molar refractivity (Wildman–Crippen MR) is 106 cm³/mol. The van der Waals surface area contributed by atoms with Gasteiger partial charge in [0.25, 0.3) is 0 Å². The molecule has 0 saturated carbocycles. The Labute approximate surface area is 158 Å². The van der Waals surface area contributed by atoms with Crippen molar-refractivity contribution in [2.24, 2.45) is 0 Å². The number of hydrogen-bond acceptors (Lipinski definition) is 5. The minimum atomic E-state index is -0.967. The van der Waals surface area contributed by atoms with E-state index < -0.39 is 11.7 Å². The van der Waals surface area contributed by atoms with Gasteiger partial charge in [0, 0.05) is 30.6 Å². The molecular weight excluding hydrogens is 328 g/mol. The highest BCUT2D eigenvalue weighted by Gasteiger charge is 2.30. The summed E-state index contributed by atoms with van der Waals surface area (Å²) in [6.07, 6.45) is 0.921. The van der Waals surface area contributed by atoms with E-state index in [2.05, 4.69) is 51.3 Å². The molecule has 26 heavy (non-hydrogen) atoms. The Morgan fingerprint density at radius 3 is 2.50 bits per heavy atom. The third-order valence-electron chi connectivity index (χ3n) is 4.63. The molecule has 0 radical (unpaired) electrons. The fourth-order valence-corrected chi connectivity index (χ4v) is 3.23. The summed E-state index contributed by atoms with van der Waals surface area (Å²) in [6, 6.07) is 6.41. The van der Waals surface area contributed by atoms with Crippen molar-refractivity contribution in [3.8, 4) is 5.75 Å². The molecule has 1 aliphatic carbocycles. The average molecular weight is 365 g/mol. The van der Waals surface area contributed by atoms with Crippen LogP contribution in [0.5, 0.6) is 5.75 Å². The molecule has 1 aromatic rings. The summed E-state index contributed by atoms with van der Waals surface area (Å²) in [5.41, 5.74) is 1.24. The van der Waals surface area contributed by atoms with Gasteiger partial charge in [-0.05, 0) is 51.3 Å². The normalized spacial score (nSPS) is 22.8. The summed E-state index contributed by atoms with van der Waals surface area (Å²) in [7, 11) is 0. The molecule has 3 atom stereocenters. The second kappa shape index (κ2) is 8.26. The minimum Gasteiger partial charge on any atom is -0.490 e. The maximum atomic E-state index is 10.6. The molecule has 0 amide bonds. The van der Waals surface area contributed by atoms with Gasteiger partial charge in [0.05, 0.1) is 6.10 Å². The van der Waals surface area contributed by atoms with E-state index in [4.69, 9.17) is 4.74 Å². The molecule has 1 aliphatic rings. The number of benzene rings is 1. The number of nitrogens with one attached hydrogen (secondary N) is 2. The first kappa shape index (κ1) is 21.2. The summed E-state index contributed by atoms with van der Waals surface area (Å²) in [6.45, 7) is 12.8. The molecule has 5 heteroatoms. The first-order valence-electron chi connectivity index (χ1n) is 9.62. The van der Waals surface area contributed by atoms with Crippen LogP contribution >= 0.6 is 0 Å². The molecule has 3 unspecified atom stereocenters. The fraction of sp³-hybridized carbons (Fsp3) is 0.714. The van der Waals surface area contributed by atoms with Gasteiger partial charge >= 0.3 is 0 Å². The van der Waals surface area contributed by atoms with Crippen molar-refractivity contribution in [1.82, 2.24) is 10.6 Å². The topological polar surface area (TPSA) is 73.8 Å². The fourth-order valence-electron chi connectivity index (χ4n) is 3.23. The predicted octanol–water partition coefficient (Wildman–Crippen LogP) is 2.03. The molecule has 0 aliphatic heterocycles. The van der Waals surface area contributed by atoms with E-state index in [-0.39, 0.29) is 18.2 Å². The van der Waals surface area contributed by atoms with E-state index >= 15 is 0 Å². The molecule has 2 rings (SSSR count). The lowest BCUT2D eigenvalue weighted by atomic mass is 9.85. The summed E-state index contributed by atoms with van der Waals surface area (Å²) in [5.74, 6) is 0.764. The Balaban J connectivity index is 2.04. The largest absolute Gasteiger partial charge is 0.490 e. The van der Waals surface area contributed by atoms with Gasteiger partial charge in [-0.3, -0.25) is 0 Å². The maximum Gasteiger partial charge on any atom is 0.123 e. The smallest absolute Gasteiger partial charge is 0.123 e. The lowest BCUT2D eigenvalue weighted by Gasteiger charge is -2.33. The Morgan fingerprint density at radius 2 is 1.88 bits per heavy atom. The number of rotatable bonds is 7. The first-order chi connectivity index (χ1) is 12.0. The standard InChI is InChI=1S/C21H36N2O3/c1-14(2)23-17-10-15-8-7-9-19(16(15)11-18(17)24)26-13-21(6,25)12-22-20(3,4)5/h7-9,14,17-18,22-25H,10-13H2,1-6H3. The van der Waals surface area contributed by atoms with Crippen molar-refractivity contribution in [3.05, 3.63) is 29.3 Å². The Hall–Kier alpha value is -1.14. The second-order valence-corrected chi connectivity index (χ2v) is 9.19. The lowest BCUT2D eigenvalue weighted by molar-refractivity contribution is 0.00703. The highest BCUT2D eigenvalue weighted by Crippen LogP contribution is 2.30. The van der Waals surface area contributed by atoms with E-state index in [0.717, 1.165) is 17.7 Å². The highest BCUT2D eigenvalue weighted by molar-refractivity contribution is 5.43. The third kappa shape index (κ3) is 6.23. The molecular formula is C21H36N2O3. The molecule has 1 aromatic carbocycles. The maximum absolute atomic E-state index is 10.6. The molecule has 4 N–H and O–H groups in total. The van der Waals surface area contributed by atoms with E-state index in [1.54, 1.807) is 6.92 Å². The Morgan fingerprint density at radius 1 is 1.19 bits per heavy atom. The van der Waals surface area contributed by atoms with Crippen LogP contribution in [0.1, 0.15) is 52.7 Å². The van der Waals surface area contributed by atoms with Gasteiger partial charge in [0.2, 0.25) is 0 Å². The second-order valence-electron chi connectivity index (χ2n) is 9.19. The quantitative estimate of drug-likeness (QED) is 0.596. The number of aliphatic hydroxyl groups is 2. The number of ether oxygens (including phenoxy) is 1. The molecule has 148 valence electrons. The Kier molecular flexibility index (Phi) is 6.72. The summed E-state index contributed by atoms with van der Waals surface area (Å²) in [5, 5.41) is 27.9. The zero-order chi connectivity index (χ0) is 19.5. The van der Waals surface area contributed by atoms with Gasteiger partial charge in [0.1, 0.15) is 18.0 Å². The molecule has 0 saturated heterocycles. The zero-order valence-electron chi connectivity index (χ0n) is 17.1. The first-order valence-corrected chi connectivity index (χ1v) is 9.62. The monoisotopic (exact) mass is 364 g/mol. The van der Waals surface area contributed by atoms with Crippen molar-refractivity contribution in [1.29, 1.82) is 0 Å². The summed E-state index contributed by atoms with van der Waals surface area (Å²) < 4.78 is 5.98. The number of hydrogen-bond donors (Lipinski definition) is 4. The van der Waals surface area contributed by atoms with E-state index in [9.17, 15) is 10.2 Å². The van der Waals surface area contributed by atoms with Gasteiger partial charge in [-0.1, -0.05) is 26.0 Å². The van der Waals surface area contributed by atoms with E-state index in [1.807, 2.05) is 12.1 Å². The van der Waals surface area contributed by atoms with Gasteiger partial charge in [-0.2, -0.15) is 0 Å². The SMILES string of the molecule is CC(C)NC1Cc2cccc(OCC(C)(O)CNC(C)(C)C)c2CC1O. The van der Waals surface area contributed by atoms with Crippen LogP contribution in [-0.4, -0.2) is 52.7 Å². The van der Waals surface area contributed by atoms with Crippen LogP contribution in [0.3, 0.4) is 0 Å². The summed E-state index contributed by atoms with van der Waals surface area (Å²) >= 11 is 0. The van der Waals surface area contributed by atoms with Gasteiger partial charge < -0.3 is 25.6 Å². The van der Waals surface area contributed by atoms with Crippen molar-refractivity contribution in [2.45, 2.75) is 83.7 Å². The van der Waals surface area contributed by atoms with Crippen LogP contribution in [0.2, 0.25) is 0 Å². The highest BCUT2D eigenvalue weighted by atomic mass is 16.5. The average Bonchev–Trinajstić information content (AvgIpc) is 2.51. The minimum absolute atomic E-state index is 0.0571. The number of fused-ring (bicyclic) bond motifs is 1. The van der Waals surface area contributed by atoms with Crippen LogP contribution < -0.4 is 15.4 Å². The van der Waals surface area contributed by atoms with Crippen LogP contribution in [0, 0.1) is 0 Å². The number of aliphatic hydroxyl groups excluding tert-OH is 1. The molecule has 0 spiro atoms. The summed E-state index contributed by atoms with van der Waals surface area (Å²) in [4.78, 5) is 0. The van der Waals surface area contributed by atoms with Crippen molar-refractivity contribution in [3.63, 3.8) is 0 Å². The van der Waals surface area contributed by atoms with Crippen molar-refractivity contribution >= 4 is 0 Å². The Bertz CT molecular complexity index is 593. The van der Waals surface area contributed by atoms with Gasteiger partial charge in [-0.15, -0.1) is 0 Å². The molecule has 0 fully saturated rings.